The van der Waals surface area contributed by atoms with E-state index in [1.807, 2.05) is 0 Å². The van der Waals surface area contributed by atoms with E-state index in [0.29, 0.717) is 0 Å². The molecule has 2 heteroatoms. The van der Waals surface area contributed by atoms with Crippen molar-refractivity contribution in [3.05, 3.63) is 108 Å². The van der Waals surface area contributed by atoms with Crippen LogP contribution in [0, 0.1) is 0 Å². The van der Waals surface area contributed by atoms with Crippen molar-refractivity contribution in [1.29, 1.82) is 0 Å². The van der Waals surface area contributed by atoms with E-state index in [0.717, 1.165) is 19.6 Å². The number of unbranched alkanes of at least 4 members (excludes halogenated alkanes) is 3. The van der Waals surface area contributed by atoms with Gasteiger partial charge in [0.25, 0.3) is 0 Å². The average molecular weight is 473 g/mol. The van der Waals surface area contributed by atoms with Gasteiger partial charge >= 0.3 is 0 Å². The van der Waals surface area contributed by atoms with Gasteiger partial charge < -0.3 is 4.90 Å². The number of hydrogen-bond acceptors (Lipinski definition) is 2. The summed E-state index contributed by atoms with van der Waals surface area (Å²) in [6.07, 6.45) is 8.09. The second-order valence-electron chi connectivity index (χ2n) is 9.50. The van der Waals surface area contributed by atoms with Crippen LogP contribution in [0.25, 0.3) is 0 Å². The van der Waals surface area contributed by atoms with E-state index in [2.05, 4.69) is 122 Å². The van der Waals surface area contributed by atoms with Gasteiger partial charge in [-0.1, -0.05) is 131 Å². The zero-order valence-corrected chi connectivity index (χ0v) is 22.5. The van der Waals surface area contributed by atoms with Gasteiger partial charge in [0.2, 0.25) is 0 Å². The van der Waals surface area contributed by atoms with E-state index in [1.54, 1.807) is 0 Å². The van der Waals surface area contributed by atoms with Gasteiger partial charge in [-0.15, -0.1) is 0 Å². The number of nitrogens with zero attached hydrogens (tertiary/aromatic N) is 2. The zero-order valence-electron chi connectivity index (χ0n) is 22.5. The van der Waals surface area contributed by atoms with Gasteiger partial charge in [-0.25, -0.2) is 0 Å². The van der Waals surface area contributed by atoms with Crippen LogP contribution in [0.1, 0.15) is 76.0 Å². The number of benzene rings is 3. The second-order valence-corrected chi connectivity index (χ2v) is 9.50. The first-order chi connectivity index (χ1) is 17.2. The molecule has 3 rings (SSSR count). The highest BCUT2D eigenvalue weighted by Gasteiger charge is 2.08. The van der Waals surface area contributed by atoms with Gasteiger partial charge in [-0.2, -0.15) is 0 Å². The molecule has 0 amide bonds. The molecule has 0 heterocycles. The molecule has 35 heavy (non-hydrogen) atoms. The van der Waals surface area contributed by atoms with Crippen LogP contribution in [0.15, 0.2) is 91.0 Å². The fraction of sp³-hybridized carbons (Fsp3) is 0.455. The molecule has 0 radical (unpaired) electrons. The normalized spacial score (nSPS) is 10.9. The molecule has 0 aliphatic heterocycles. The molecular formula is C33H48N2. The van der Waals surface area contributed by atoms with Gasteiger partial charge in [0.15, 0.2) is 0 Å². The maximum absolute atomic E-state index is 2.64. The Hall–Kier alpha value is -2.42. The standard InChI is InChI=1S/C21H21N.C12H27N/c1-4-10-19(11-5-1)16-22(17-20-12-6-2-7-13-20)18-21-14-8-3-9-15-21;1-4-7-10-13(11-8-5-2)12-9-6-3/h1-15H,16-18H2;4-12H2,1-3H3. The zero-order chi connectivity index (χ0) is 25.0. The van der Waals surface area contributed by atoms with Gasteiger partial charge in [0, 0.05) is 19.6 Å². The van der Waals surface area contributed by atoms with Crippen molar-refractivity contribution in [2.45, 2.75) is 78.9 Å². The fourth-order valence-corrected chi connectivity index (χ4v) is 4.17. The SMILES string of the molecule is CCCCN(CCCC)CCCC.c1ccc(CN(Cc2ccccc2)Cc2ccccc2)cc1. The van der Waals surface area contributed by atoms with Crippen molar-refractivity contribution in [3.8, 4) is 0 Å². The van der Waals surface area contributed by atoms with Crippen molar-refractivity contribution < 1.29 is 0 Å². The molecule has 2 nitrogen and oxygen atoms in total. The minimum Gasteiger partial charge on any atom is -0.303 e. The van der Waals surface area contributed by atoms with Crippen LogP contribution >= 0.6 is 0 Å². The molecule has 0 bridgehead atoms. The van der Waals surface area contributed by atoms with Crippen LogP contribution in [0.5, 0.6) is 0 Å². The predicted octanol–water partition coefficient (Wildman–Crippen LogP) is 8.58. The first kappa shape index (κ1) is 28.8. The fourth-order valence-electron chi connectivity index (χ4n) is 4.17. The molecule has 0 saturated heterocycles. The molecule has 190 valence electrons. The monoisotopic (exact) mass is 472 g/mol. The summed E-state index contributed by atoms with van der Waals surface area (Å²) in [6.45, 7) is 13.7. The molecule has 0 fully saturated rings. The molecule has 0 N–H and O–H groups in total. The molecule has 0 saturated carbocycles. The Bertz CT molecular complexity index is 730. The topological polar surface area (TPSA) is 6.48 Å². The first-order valence-electron chi connectivity index (χ1n) is 13.8. The van der Waals surface area contributed by atoms with Crippen LogP contribution in [0.4, 0.5) is 0 Å². The summed E-state index contributed by atoms with van der Waals surface area (Å²) in [5, 5.41) is 0. The van der Waals surface area contributed by atoms with Crippen molar-refractivity contribution >= 4 is 0 Å². The molecule has 0 atom stereocenters. The Morgan fingerprint density at radius 3 is 0.943 bits per heavy atom. The maximum Gasteiger partial charge on any atom is 0.0240 e. The lowest BCUT2D eigenvalue weighted by molar-refractivity contribution is 0.247. The highest BCUT2D eigenvalue weighted by atomic mass is 15.1. The molecule has 0 aliphatic rings. The third-order valence-corrected chi connectivity index (χ3v) is 6.23. The van der Waals surface area contributed by atoms with E-state index in [1.165, 1.54) is 74.8 Å². The van der Waals surface area contributed by atoms with E-state index in [-0.39, 0.29) is 0 Å². The van der Waals surface area contributed by atoms with Crippen molar-refractivity contribution in [2.24, 2.45) is 0 Å². The lowest BCUT2D eigenvalue weighted by Gasteiger charge is -2.23. The molecule has 0 aromatic heterocycles. The Labute approximate surface area is 216 Å². The highest BCUT2D eigenvalue weighted by molar-refractivity contribution is 5.19. The van der Waals surface area contributed by atoms with E-state index in [4.69, 9.17) is 0 Å². The van der Waals surface area contributed by atoms with Gasteiger partial charge in [0.1, 0.15) is 0 Å². The minimum absolute atomic E-state index is 0.963. The molecule has 3 aromatic carbocycles. The van der Waals surface area contributed by atoms with Crippen LogP contribution in [-0.2, 0) is 19.6 Å². The quantitative estimate of drug-likeness (QED) is 0.218. The summed E-state index contributed by atoms with van der Waals surface area (Å²) in [5.74, 6) is 0. The van der Waals surface area contributed by atoms with Crippen LogP contribution in [0.2, 0.25) is 0 Å². The highest BCUT2D eigenvalue weighted by Crippen LogP contribution is 2.14. The molecule has 0 spiro atoms. The summed E-state index contributed by atoms with van der Waals surface area (Å²) in [4.78, 5) is 5.12. The second kappa shape index (κ2) is 18.9. The van der Waals surface area contributed by atoms with Crippen molar-refractivity contribution in [2.75, 3.05) is 19.6 Å². The summed E-state index contributed by atoms with van der Waals surface area (Å²) in [6, 6.07) is 32.1. The van der Waals surface area contributed by atoms with Crippen molar-refractivity contribution in [1.82, 2.24) is 9.80 Å². The van der Waals surface area contributed by atoms with Gasteiger partial charge in [0.05, 0.1) is 0 Å². The largest absolute Gasteiger partial charge is 0.303 e. The van der Waals surface area contributed by atoms with Gasteiger partial charge in [-0.05, 0) is 55.6 Å². The number of hydrogen-bond donors (Lipinski definition) is 0. The smallest absolute Gasteiger partial charge is 0.0240 e. The molecule has 0 aliphatic carbocycles. The Morgan fingerprint density at radius 2 is 0.686 bits per heavy atom. The average Bonchev–Trinajstić information content (AvgIpc) is 2.90. The Kier molecular flexibility index (Phi) is 15.5. The van der Waals surface area contributed by atoms with E-state index in [9.17, 15) is 0 Å². The van der Waals surface area contributed by atoms with E-state index >= 15 is 0 Å². The summed E-state index contributed by atoms with van der Waals surface area (Å²) < 4.78 is 0. The van der Waals surface area contributed by atoms with Crippen LogP contribution in [0.3, 0.4) is 0 Å². The first-order valence-corrected chi connectivity index (χ1v) is 13.8. The molecule has 0 unspecified atom stereocenters. The van der Waals surface area contributed by atoms with E-state index < -0.39 is 0 Å². The third-order valence-electron chi connectivity index (χ3n) is 6.23. The molecular weight excluding hydrogens is 424 g/mol. The summed E-state index contributed by atoms with van der Waals surface area (Å²) in [5.41, 5.74) is 4.07. The van der Waals surface area contributed by atoms with Crippen LogP contribution < -0.4 is 0 Å². The molecule has 3 aromatic rings. The summed E-state index contributed by atoms with van der Waals surface area (Å²) in [7, 11) is 0. The van der Waals surface area contributed by atoms with Crippen LogP contribution in [-0.4, -0.2) is 29.4 Å². The third kappa shape index (κ3) is 13.3. The lowest BCUT2D eigenvalue weighted by atomic mass is 10.1. The number of rotatable bonds is 15. The van der Waals surface area contributed by atoms with Gasteiger partial charge in [-0.3, -0.25) is 4.90 Å². The summed E-state index contributed by atoms with van der Waals surface area (Å²) >= 11 is 0. The Morgan fingerprint density at radius 1 is 0.400 bits per heavy atom. The predicted molar refractivity (Wildman–Crippen MR) is 153 cm³/mol. The maximum atomic E-state index is 2.64. The Balaban J connectivity index is 0.000000287. The minimum atomic E-state index is 0.963. The van der Waals surface area contributed by atoms with Crippen molar-refractivity contribution in [3.63, 3.8) is 0 Å². The lowest BCUT2D eigenvalue weighted by Crippen LogP contribution is -2.27.